The normalized spacial score (nSPS) is 10.4. The second kappa shape index (κ2) is 6.37. The maximum atomic E-state index is 3.98. The molecule has 0 unspecified atom stereocenters. The van der Waals surface area contributed by atoms with E-state index in [0.29, 0.717) is 0 Å². The fourth-order valence-electron chi connectivity index (χ4n) is 1.82. The van der Waals surface area contributed by atoms with Crippen molar-refractivity contribution in [3.63, 3.8) is 0 Å². The molecule has 0 saturated carbocycles. The summed E-state index contributed by atoms with van der Waals surface area (Å²) in [7, 11) is -0.147. The van der Waals surface area contributed by atoms with Crippen LogP contribution in [0, 0.1) is 0 Å². The molecule has 0 aromatic heterocycles. The van der Waals surface area contributed by atoms with E-state index in [-0.39, 0.29) is 7.92 Å². The molecular formula is C16H17P. The van der Waals surface area contributed by atoms with Crippen molar-refractivity contribution in [2.45, 2.75) is 12.3 Å². The van der Waals surface area contributed by atoms with Gasteiger partial charge < -0.3 is 0 Å². The van der Waals surface area contributed by atoms with Gasteiger partial charge in [-0.3, -0.25) is 0 Å². The predicted molar refractivity (Wildman–Crippen MR) is 77.4 cm³/mol. The van der Waals surface area contributed by atoms with Gasteiger partial charge in [0.15, 0.2) is 0 Å². The van der Waals surface area contributed by atoms with Crippen LogP contribution in [-0.2, 0) is 12.3 Å². The van der Waals surface area contributed by atoms with Gasteiger partial charge in [-0.15, -0.1) is 0 Å². The van der Waals surface area contributed by atoms with Crippen LogP contribution in [0.2, 0.25) is 0 Å². The zero-order valence-electron chi connectivity index (χ0n) is 9.92. The van der Waals surface area contributed by atoms with Crippen LogP contribution in [0.4, 0.5) is 0 Å². The van der Waals surface area contributed by atoms with Crippen molar-refractivity contribution >= 4 is 7.92 Å². The van der Waals surface area contributed by atoms with Crippen molar-refractivity contribution in [3.8, 4) is 0 Å². The van der Waals surface area contributed by atoms with Gasteiger partial charge in [0.25, 0.3) is 0 Å². The van der Waals surface area contributed by atoms with Crippen LogP contribution in [0.3, 0.4) is 0 Å². The molecule has 0 fully saturated rings. The van der Waals surface area contributed by atoms with Gasteiger partial charge in [-0.1, -0.05) is 81.0 Å². The molecule has 0 spiro atoms. The Bertz CT molecular complexity index is 406. The molecule has 0 radical (unpaired) electrons. The van der Waals surface area contributed by atoms with E-state index < -0.39 is 0 Å². The topological polar surface area (TPSA) is 0 Å². The molecule has 0 aliphatic rings. The van der Waals surface area contributed by atoms with Crippen LogP contribution in [0.15, 0.2) is 73.1 Å². The molecule has 1 heteroatoms. The molecule has 2 rings (SSSR count). The molecule has 2 aromatic carbocycles. The molecule has 0 aliphatic heterocycles. The Labute approximate surface area is 105 Å². The molecule has 0 bridgehead atoms. The first-order valence-electron chi connectivity index (χ1n) is 5.83. The monoisotopic (exact) mass is 240 g/mol. The van der Waals surface area contributed by atoms with Gasteiger partial charge in [0, 0.05) is 0 Å². The summed E-state index contributed by atoms with van der Waals surface area (Å²) in [6.07, 6.45) is 2.27. The lowest BCUT2D eigenvalue weighted by Crippen LogP contribution is -1.86. The highest BCUT2D eigenvalue weighted by Gasteiger charge is 2.05. The summed E-state index contributed by atoms with van der Waals surface area (Å²) in [5.41, 5.74) is 2.82. The molecule has 0 nitrogen and oxygen atoms in total. The van der Waals surface area contributed by atoms with Gasteiger partial charge in [0.05, 0.1) is 0 Å². The Morgan fingerprint density at radius 3 is 1.53 bits per heavy atom. The third-order valence-corrected chi connectivity index (χ3v) is 4.77. The lowest BCUT2D eigenvalue weighted by molar-refractivity contribution is 1.33. The SMILES string of the molecule is C=CP(Cc1ccccc1)Cc1ccccc1. The maximum absolute atomic E-state index is 3.98. The predicted octanol–water partition coefficient (Wildman–Crippen LogP) is 5.01. The number of hydrogen-bond acceptors (Lipinski definition) is 0. The molecule has 0 N–H and O–H groups in total. The van der Waals surface area contributed by atoms with Crippen LogP contribution in [0.1, 0.15) is 11.1 Å². The van der Waals surface area contributed by atoms with E-state index in [1.807, 2.05) is 0 Å². The van der Waals surface area contributed by atoms with Crippen molar-refractivity contribution in [2.24, 2.45) is 0 Å². The highest BCUT2D eigenvalue weighted by Crippen LogP contribution is 2.44. The summed E-state index contributed by atoms with van der Waals surface area (Å²) in [4.78, 5) is 0. The number of rotatable bonds is 5. The fraction of sp³-hybridized carbons (Fsp3) is 0.125. The third-order valence-electron chi connectivity index (χ3n) is 2.72. The molecule has 17 heavy (non-hydrogen) atoms. The molecule has 0 aliphatic carbocycles. The maximum Gasteiger partial charge on any atom is -0.00356 e. The van der Waals surface area contributed by atoms with Gasteiger partial charge in [0.2, 0.25) is 0 Å². The van der Waals surface area contributed by atoms with Crippen molar-refractivity contribution in [3.05, 3.63) is 84.2 Å². The fourth-order valence-corrected chi connectivity index (χ4v) is 3.55. The third kappa shape index (κ3) is 3.84. The Kier molecular flexibility index (Phi) is 4.53. The van der Waals surface area contributed by atoms with Gasteiger partial charge in [-0.05, 0) is 23.5 Å². The summed E-state index contributed by atoms with van der Waals surface area (Å²) in [5, 5.41) is 0. The summed E-state index contributed by atoms with van der Waals surface area (Å²) >= 11 is 0. The first-order valence-corrected chi connectivity index (χ1v) is 7.61. The summed E-state index contributed by atoms with van der Waals surface area (Å²) in [6, 6.07) is 21.3. The van der Waals surface area contributed by atoms with E-state index in [0.717, 1.165) is 12.3 Å². The van der Waals surface area contributed by atoms with Gasteiger partial charge >= 0.3 is 0 Å². The lowest BCUT2D eigenvalue weighted by atomic mass is 10.2. The Morgan fingerprint density at radius 1 is 0.765 bits per heavy atom. The molecule has 0 saturated heterocycles. The minimum absolute atomic E-state index is 0.147. The second-order valence-electron chi connectivity index (χ2n) is 4.06. The summed E-state index contributed by atoms with van der Waals surface area (Å²) in [6.45, 7) is 3.98. The van der Waals surface area contributed by atoms with Crippen LogP contribution >= 0.6 is 7.92 Å². The van der Waals surface area contributed by atoms with Crippen LogP contribution < -0.4 is 0 Å². The second-order valence-corrected chi connectivity index (χ2v) is 6.23. The number of benzene rings is 2. The zero-order chi connectivity index (χ0) is 11.9. The van der Waals surface area contributed by atoms with Gasteiger partial charge in [0.1, 0.15) is 0 Å². The van der Waals surface area contributed by atoms with Crippen LogP contribution in [0.25, 0.3) is 0 Å². The molecule has 2 aromatic rings. The number of hydrogen-bond donors (Lipinski definition) is 0. The largest absolute Gasteiger partial charge is 0.0986 e. The Balaban J connectivity index is 2.01. The Morgan fingerprint density at radius 2 is 1.18 bits per heavy atom. The molecule has 0 heterocycles. The molecule has 0 atom stereocenters. The van der Waals surface area contributed by atoms with E-state index in [1.54, 1.807) is 0 Å². The smallest absolute Gasteiger partial charge is 0.00356 e. The highest BCUT2D eigenvalue weighted by atomic mass is 31.1. The average Bonchev–Trinajstić information content (AvgIpc) is 2.40. The van der Waals surface area contributed by atoms with E-state index in [9.17, 15) is 0 Å². The van der Waals surface area contributed by atoms with Crippen LogP contribution in [0.5, 0.6) is 0 Å². The molecule has 0 amide bonds. The quantitative estimate of drug-likeness (QED) is 0.644. The van der Waals surface area contributed by atoms with E-state index in [4.69, 9.17) is 0 Å². The Hall–Kier alpha value is -1.39. The van der Waals surface area contributed by atoms with Gasteiger partial charge in [-0.25, -0.2) is 0 Å². The van der Waals surface area contributed by atoms with E-state index in [1.165, 1.54) is 11.1 Å². The lowest BCUT2D eigenvalue weighted by Gasteiger charge is -2.13. The highest BCUT2D eigenvalue weighted by molar-refractivity contribution is 7.59. The van der Waals surface area contributed by atoms with E-state index >= 15 is 0 Å². The van der Waals surface area contributed by atoms with Crippen molar-refractivity contribution in [1.29, 1.82) is 0 Å². The average molecular weight is 240 g/mol. The first-order chi connectivity index (χ1) is 8.38. The van der Waals surface area contributed by atoms with Crippen molar-refractivity contribution in [1.82, 2.24) is 0 Å². The molecular weight excluding hydrogens is 223 g/mol. The zero-order valence-corrected chi connectivity index (χ0v) is 10.8. The first kappa shape index (κ1) is 12.1. The van der Waals surface area contributed by atoms with Crippen molar-refractivity contribution < 1.29 is 0 Å². The molecule has 86 valence electrons. The minimum Gasteiger partial charge on any atom is -0.0986 e. The standard InChI is InChI=1S/C16H17P/c1-2-17(13-15-9-5-3-6-10-15)14-16-11-7-4-8-12-16/h2-12H,1,13-14H2. The van der Waals surface area contributed by atoms with Gasteiger partial charge in [-0.2, -0.15) is 0 Å². The minimum atomic E-state index is -0.147. The summed E-state index contributed by atoms with van der Waals surface area (Å²) < 4.78 is 0. The summed E-state index contributed by atoms with van der Waals surface area (Å²) in [5.74, 6) is 2.13. The van der Waals surface area contributed by atoms with E-state index in [2.05, 4.69) is 73.1 Å². The van der Waals surface area contributed by atoms with Crippen molar-refractivity contribution in [2.75, 3.05) is 0 Å². The van der Waals surface area contributed by atoms with Crippen LogP contribution in [-0.4, -0.2) is 0 Å².